The van der Waals surface area contributed by atoms with Crippen LogP contribution >= 0.6 is 0 Å². The topological polar surface area (TPSA) is 18.5 Å². The second kappa shape index (κ2) is 12.1. The first-order valence-corrected chi connectivity index (χ1v) is 12.8. The van der Waals surface area contributed by atoms with E-state index in [1.807, 2.05) is 19.1 Å². The van der Waals surface area contributed by atoms with Crippen LogP contribution in [0.1, 0.15) is 37.0 Å². The molecule has 4 aromatic carbocycles. The molecule has 44 heavy (non-hydrogen) atoms. The van der Waals surface area contributed by atoms with E-state index in [-0.39, 0.29) is 24.6 Å². The smallest absolute Gasteiger partial charge is 0.429 e. The first-order valence-electron chi connectivity index (χ1n) is 12.8. The van der Waals surface area contributed by atoms with Crippen LogP contribution in [0.3, 0.4) is 0 Å². The summed E-state index contributed by atoms with van der Waals surface area (Å²) in [7, 11) is 0. The van der Waals surface area contributed by atoms with Gasteiger partial charge in [0.25, 0.3) is 0 Å². The molecule has 0 aliphatic rings. The van der Waals surface area contributed by atoms with Crippen molar-refractivity contribution in [3.05, 3.63) is 113 Å². The summed E-state index contributed by atoms with van der Waals surface area (Å²) in [4.78, 5) is 0. The van der Waals surface area contributed by atoms with Gasteiger partial charge in [-0.25, -0.2) is 22.0 Å². The van der Waals surface area contributed by atoms with Gasteiger partial charge >= 0.3 is 18.3 Å². The molecule has 0 radical (unpaired) electrons. The molecule has 0 N–H and O–H groups in total. The van der Waals surface area contributed by atoms with Crippen LogP contribution < -0.4 is 4.74 Å². The number of halogens is 11. The average Bonchev–Trinajstić information content (AvgIpc) is 2.86. The van der Waals surface area contributed by atoms with Gasteiger partial charge in [0.2, 0.25) is 0 Å². The fourth-order valence-corrected chi connectivity index (χ4v) is 4.45. The maximum atomic E-state index is 15.0. The van der Waals surface area contributed by atoms with Crippen LogP contribution in [-0.2, 0) is 23.4 Å². The number of hydrogen-bond acceptors (Lipinski definition) is 2. The summed E-state index contributed by atoms with van der Waals surface area (Å²) >= 11 is 0. The number of benzene rings is 4. The van der Waals surface area contributed by atoms with Gasteiger partial charge in [-0.15, -0.1) is 0 Å². The van der Waals surface area contributed by atoms with Crippen LogP contribution in [0, 0.1) is 29.1 Å². The Kier molecular flexibility index (Phi) is 9.01. The fraction of sp³-hybridized carbons (Fsp3) is 0.226. The molecule has 0 unspecified atom stereocenters. The summed E-state index contributed by atoms with van der Waals surface area (Å²) in [5, 5.41) is 0. The van der Waals surface area contributed by atoms with Crippen molar-refractivity contribution < 1.29 is 57.8 Å². The quantitative estimate of drug-likeness (QED) is 0.162. The van der Waals surface area contributed by atoms with E-state index in [9.17, 15) is 48.3 Å². The zero-order valence-electron chi connectivity index (χ0n) is 22.7. The third kappa shape index (κ3) is 7.15. The molecule has 0 saturated heterocycles. The molecule has 0 heterocycles. The molecule has 0 atom stereocenters. The number of hydrogen-bond donors (Lipinski definition) is 0. The normalized spacial score (nSPS) is 12.5. The minimum atomic E-state index is -5.24. The number of ether oxygens (including phenoxy) is 2. The highest BCUT2D eigenvalue weighted by atomic mass is 19.3. The summed E-state index contributed by atoms with van der Waals surface area (Å²) in [6, 6.07) is 11.3. The van der Waals surface area contributed by atoms with Crippen molar-refractivity contribution in [2.24, 2.45) is 0 Å². The van der Waals surface area contributed by atoms with Gasteiger partial charge in [0, 0.05) is 24.6 Å². The van der Waals surface area contributed by atoms with Crippen LogP contribution in [-0.4, -0.2) is 6.11 Å². The van der Waals surface area contributed by atoms with E-state index in [0.29, 0.717) is 23.3 Å². The van der Waals surface area contributed by atoms with E-state index in [4.69, 9.17) is 0 Å². The Morgan fingerprint density at radius 3 is 1.55 bits per heavy atom. The summed E-state index contributed by atoms with van der Waals surface area (Å²) in [6.45, 7) is 1.88. The molecule has 0 saturated carbocycles. The van der Waals surface area contributed by atoms with Crippen molar-refractivity contribution in [2.75, 3.05) is 0 Å². The lowest BCUT2D eigenvalue weighted by molar-refractivity contribution is -0.377. The average molecular weight is 634 g/mol. The van der Waals surface area contributed by atoms with Crippen molar-refractivity contribution in [2.45, 2.75) is 45.0 Å². The molecule has 234 valence electrons. The van der Waals surface area contributed by atoms with Crippen LogP contribution in [0.2, 0.25) is 0 Å². The SMILES string of the molecule is CCCc1ccc(-c2ccc(-c3cc(F)c(C(F)(F)Oc4cc(F)c(C(F)(F)OC(C)(F)F)c(F)c4)c(F)c3)c(F)c2)cc1. The lowest BCUT2D eigenvalue weighted by atomic mass is 9.97. The third-order valence-corrected chi connectivity index (χ3v) is 6.30. The molecule has 0 spiro atoms. The van der Waals surface area contributed by atoms with Gasteiger partial charge in [0.05, 0.1) is 0 Å². The van der Waals surface area contributed by atoms with Crippen molar-refractivity contribution in [3.63, 3.8) is 0 Å². The van der Waals surface area contributed by atoms with E-state index < -0.39 is 69.9 Å². The van der Waals surface area contributed by atoms with Crippen molar-refractivity contribution in [1.82, 2.24) is 0 Å². The lowest BCUT2D eigenvalue weighted by Gasteiger charge is -2.23. The molecule has 4 rings (SSSR count). The Morgan fingerprint density at radius 1 is 0.568 bits per heavy atom. The second-order valence-electron chi connectivity index (χ2n) is 9.76. The molecule has 0 aromatic heterocycles. The predicted octanol–water partition coefficient (Wildman–Crippen LogP) is 10.5. The maximum absolute atomic E-state index is 15.0. The summed E-state index contributed by atoms with van der Waals surface area (Å²) in [5.74, 6) is -11.0. The first-order chi connectivity index (χ1) is 20.4. The molecular formula is C31H21F11O2. The standard InChI is InChI=1S/C31H21F11O2/c1-3-4-16-5-7-17(8-6-16)18-9-10-21(22(32)11-18)19-12-23(33)27(24(34)13-19)30(39,40)43-20-14-25(35)28(26(36)15-20)31(41,42)44-29(2,37)38/h5-15H,3-4H2,1-2H3. The van der Waals surface area contributed by atoms with E-state index in [0.717, 1.165) is 24.5 Å². The summed E-state index contributed by atoms with van der Waals surface area (Å²) in [6.07, 6.45) is -13.0. The Morgan fingerprint density at radius 2 is 1.05 bits per heavy atom. The second-order valence-corrected chi connectivity index (χ2v) is 9.76. The number of alkyl halides is 6. The zero-order chi connectivity index (χ0) is 32.6. The van der Waals surface area contributed by atoms with Crippen molar-refractivity contribution >= 4 is 0 Å². The van der Waals surface area contributed by atoms with Gasteiger partial charge in [0.1, 0.15) is 46.0 Å². The molecule has 2 nitrogen and oxygen atoms in total. The molecule has 4 aromatic rings. The van der Waals surface area contributed by atoms with Gasteiger partial charge in [-0.2, -0.15) is 26.3 Å². The van der Waals surface area contributed by atoms with Crippen LogP contribution in [0.15, 0.2) is 66.7 Å². The molecule has 13 heteroatoms. The van der Waals surface area contributed by atoms with Crippen LogP contribution in [0.4, 0.5) is 48.3 Å². The highest BCUT2D eigenvalue weighted by molar-refractivity contribution is 5.71. The summed E-state index contributed by atoms with van der Waals surface area (Å²) < 4.78 is 163. The third-order valence-electron chi connectivity index (χ3n) is 6.30. The summed E-state index contributed by atoms with van der Waals surface area (Å²) in [5.41, 5.74) is -3.05. The molecule has 0 amide bonds. The Labute approximate surface area is 243 Å². The van der Waals surface area contributed by atoms with E-state index in [1.165, 1.54) is 12.1 Å². The highest BCUT2D eigenvalue weighted by Crippen LogP contribution is 2.42. The zero-order valence-corrected chi connectivity index (χ0v) is 22.7. The Bertz CT molecular complexity index is 1620. The Balaban J connectivity index is 1.61. The van der Waals surface area contributed by atoms with Gasteiger partial charge in [0.15, 0.2) is 0 Å². The number of aryl methyl sites for hydroxylation is 1. The molecule has 0 fully saturated rings. The van der Waals surface area contributed by atoms with Gasteiger partial charge in [-0.3, -0.25) is 4.74 Å². The lowest BCUT2D eigenvalue weighted by Crippen LogP contribution is -2.31. The molecule has 0 bridgehead atoms. The van der Waals surface area contributed by atoms with Crippen LogP contribution in [0.25, 0.3) is 22.3 Å². The molecule has 0 aliphatic heterocycles. The highest BCUT2D eigenvalue weighted by Gasteiger charge is 2.47. The van der Waals surface area contributed by atoms with E-state index in [2.05, 4.69) is 9.47 Å². The van der Waals surface area contributed by atoms with Gasteiger partial charge in [-0.1, -0.05) is 49.7 Å². The van der Waals surface area contributed by atoms with Crippen molar-refractivity contribution in [3.8, 4) is 28.0 Å². The number of rotatable bonds is 10. The van der Waals surface area contributed by atoms with Gasteiger partial charge < -0.3 is 4.74 Å². The van der Waals surface area contributed by atoms with Crippen molar-refractivity contribution in [1.29, 1.82) is 0 Å². The van der Waals surface area contributed by atoms with Crippen LogP contribution in [0.5, 0.6) is 5.75 Å². The maximum Gasteiger partial charge on any atom is 0.432 e. The van der Waals surface area contributed by atoms with E-state index in [1.54, 1.807) is 12.1 Å². The monoisotopic (exact) mass is 634 g/mol. The largest absolute Gasteiger partial charge is 0.432 e. The first kappa shape index (κ1) is 32.8. The molecule has 0 aliphatic carbocycles. The van der Waals surface area contributed by atoms with Gasteiger partial charge in [-0.05, 0) is 46.9 Å². The van der Waals surface area contributed by atoms with E-state index >= 15 is 0 Å². The fourth-order valence-electron chi connectivity index (χ4n) is 4.45. The minimum Gasteiger partial charge on any atom is -0.429 e. The molecular weight excluding hydrogens is 613 g/mol. The Hall–Kier alpha value is -4.13. The predicted molar refractivity (Wildman–Crippen MR) is 138 cm³/mol. The minimum absolute atomic E-state index is 0.139.